The number of halogens is 2. The van der Waals surface area contributed by atoms with E-state index in [9.17, 15) is 9.59 Å². The number of hydrogen-bond acceptors (Lipinski definition) is 4. The van der Waals surface area contributed by atoms with E-state index in [1.54, 1.807) is 25.3 Å². The van der Waals surface area contributed by atoms with Gasteiger partial charge in [0.1, 0.15) is 0 Å². The highest BCUT2D eigenvalue weighted by Crippen LogP contribution is 2.25. The Kier molecular flexibility index (Phi) is 8.65. The van der Waals surface area contributed by atoms with Gasteiger partial charge in [0.05, 0.1) is 17.3 Å². The Hall–Kier alpha value is -1.34. The quantitative estimate of drug-likeness (QED) is 0.656. The zero-order valence-corrected chi connectivity index (χ0v) is 16.4. The minimum atomic E-state index is -0.142. The Labute approximate surface area is 164 Å². The highest BCUT2D eigenvalue weighted by molar-refractivity contribution is 6.35. The summed E-state index contributed by atoms with van der Waals surface area (Å²) in [5.41, 5.74) is 0.509. The van der Waals surface area contributed by atoms with E-state index in [0.29, 0.717) is 42.0 Å². The van der Waals surface area contributed by atoms with Crippen LogP contribution in [0.3, 0.4) is 0 Å². The van der Waals surface area contributed by atoms with E-state index in [0.717, 1.165) is 19.3 Å². The molecule has 26 heavy (non-hydrogen) atoms. The van der Waals surface area contributed by atoms with Crippen LogP contribution in [0.25, 0.3) is 0 Å². The SMILES string of the molecule is COCCCNC(=O)C1CCN(CC(=O)Nc2cc(Cl)ccc2Cl)CC1. The van der Waals surface area contributed by atoms with Gasteiger partial charge < -0.3 is 15.4 Å². The molecule has 1 aliphatic heterocycles. The fourth-order valence-corrected chi connectivity index (χ4v) is 3.25. The van der Waals surface area contributed by atoms with Gasteiger partial charge in [-0.3, -0.25) is 14.5 Å². The summed E-state index contributed by atoms with van der Waals surface area (Å²) in [5, 5.41) is 6.69. The molecule has 0 spiro atoms. The Balaban J connectivity index is 1.71. The van der Waals surface area contributed by atoms with E-state index < -0.39 is 0 Å². The molecule has 0 radical (unpaired) electrons. The fourth-order valence-electron chi connectivity index (χ4n) is 2.91. The first kappa shape index (κ1) is 21.0. The van der Waals surface area contributed by atoms with Crippen molar-refractivity contribution in [3.8, 4) is 0 Å². The molecule has 1 fully saturated rings. The first-order valence-electron chi connectivity index (χ1n) is 8.73. The van der Waals surface area contributed by atoms with Gasteiger partial charge in [0, 0.05) is 31.2 Å². The maximum atomic E-state index is 12.2. The lowest BCUT2D eigenvalue weighted by atomic mass is 9.96. The minimum Gasteiger partial charge on any atom is -0.385 e. The highest BCUT2D eigenvalue weighted by Gasteiger charge is 2.25. The number of benzene rings is 1. The smallest absolute Gasteiger partial charge is 0.238 e. The second kappa shape index (κ2) is 10.7. The van der Waals surface area contributed by atoms with Crippen LogP contribution in [0, 0.1) is 5.92 Å². The molecule has 1 aliphatic rings. The molecule has 1 saturated heterocycles. The van der Waals surface area contributed by atoms with Crippen molar-refractivity contribution in [1.82, 2.24) is 10.2 Å². The number of rotatable bonds is 8. The van der Waals surface area contributed by atoms with Crippen LogP contribution < -0.4 is 10.6 Å². The predicted molar refractivity (Wildman–Crippen MR) is 104 cm³/mol. The van der Waals surface area contributed by atoms with Crippen molar-refractivity contribution in [2.45, 2.75) is 19.3 Å². The molecule has 6 nitrogen and oxygen atoms in total. The normalized spacial score (nSPS) is 15.7. The van der Waals surface area contributed by atoms with Gasteiger partial charge in [-0.05, 0) is 50.6 Å². The van der Waals surface area contributed by atoms with E-state index in [2.05, 4.69) is 10.6 Å². The molecule has 8 heteroatoms. The van der Waals surface area contributed by atoms with Crippen molar-refractivity contribution < 1.29 is 14.3 Å². The molecular formula is C18H25Cl2N3O3. The van der Waals surface area contributed by atoms with Crippen LogP contribution in [0.15, 0.2) is 18.2 Å². The summed E-state index contributed by atoms with van der Waals surface area (Å²) < 4.78 is 4.97. The van der Waals surface area contributed by atoms with Gasteiger partial charge in [-0.15, -0.1) is 0 Å². The summed E-state index contributed by atoms with van der Waals surface area (Å²) in [6.45, 7) is 2.98. The first-order chi connectivity index (χ1) is 12.5. The predicted octanol–water partition coefficient (Wildman–Crippen LogP) is 2.80. The van der Waals surface area contributed by atoms with Crippen molar-refractivity contribution in [3.63, 3.8) is 0 Å². The van der Waals surface area contributed by atoms with Gasteiger partial charge in [0.25, 0.3) is 0 Å². The van der Waals surface area contributed by atoms with Gasteiger partial charge in [-0.1, -0.05) is 23.2 Å². The fraction of sp³-hybridized carbons (Fsp3) is 0.556. The molecule has 0 aliphatic carbocycles. The second-order valence-electron chi connectivity index (χ2n) is 6.36. The number of anilines is 1. The van der Waals surface area contributed by atoms with E-state index in [-0.39, 0.29) is 24.3 Å². The third kappa shape index (κ3) is 6.76. The van der Waals surface area contributed by atoms with Crippen LogP contribution >= 0.6 is 23.2 Å². The van der Waals surface area contributed by atoms with Crippen LogP contribution in [0.1, 0.15) is 19.3 Å². The molecule has 2 amide bonds. The number of piperidine rings is 1. The number of hydrogen-bond donors (Lipinski definition) is 2. The molecule has 144 valence electrons. The average Bonchev–Trinajstić information content (AvgIpc) is 2.62. The average molecular weight is 402 g/mol. The van der Waals surface area contributed by atoms with E-state index >= 15 is 0 Å². The molecule has 1 heterocycles. The lowest BCUT2D eigenvalue weighted by Gasteiger charge is -2.30. The summed E-state index contributed by atoms with van der Waals surface area (Å²) in [6, 6.07) is 4.95. The largest absolute Gasteiger partial charge is 0.385 e. The van der Waals surface area contributed by atoms with Gasteiger partial charge in [-0.25, -0.2) is 0 Å². The number of ether oxygens (including phenoxy) is 1. The van der Waals surface area contributed by atoms with Gasteiger partial charge in [-0.2, -0.15) is 0 Å². The maximum Gasteiger partial charge on any atom is 0.238 e. The monoisotopic (exact) mass is 401 g/mol. The first-order valence-corrected chi connectivity index (χ1v) is 9.49. The van der Waals surface area contributed by atoms with Crippen molar-refractivity contribution in [2.75, 3.05) is 45.2 Å². The number of amides is 2. The van der Waals surface area contributed by atoms with Crippen LogP contribution in [-0.4, -0.2) is 56.6 Å². The molecule has 0 unspecified atom stereocenters. The standard InChI is InChI=1S/C18H25Cl2N3O3/c1-26-10-2-7-21-18(25)13-5-8-23(9-6-13)12-17(24)22-16-11-14(19)3-4-15(16)20/h3-4,11,13H,2,5-10,12H2,1H3,(H,21,25)(H,22,24). The number of nitrogens with one attached hydrogen (secondary N) is 2. The third-order valence-electron chi connectivity index (χ3n) is 4.35. The number of nitrogens with zero attached hydrogens (tertiary/aromatic N) is 1. The summed E-state index contributed by atoms with van der Waals surface area (Å²) >= 11 is 12.0. The van der Waals surface area contributed by atoms with Gasteiger partial charge >= 0.3 is 0 Å². The summed E-state index contributed by atoms with van der Waals surface area (Å²) in [4.78, 5) is 26.4. The lowest BCUT2D eigenvalue weighted by molar-refractivity contribution is -0.126. The van der Waals surface area contributed by atoms with Crippen molar-refractivity contribution >= 4 is 40.7 Å². The molecule has 0 saturated carbocycles. The Morgan fingerprint density at radius 1 is 1.27 bits per heavy atom. The summed E-state index contributed by atoms with van der Waals surface area (Å²) in [6.07, 6.45) is 2.32. The summed E-state index contributed by atoms with van der Waals surface area (Å²) in [5.74, 6) is -0.0354. The Morgan fingerprint density at radius 2 is 2.00 bits per heavy atom. The van der Waals surface area contributed by atoms with Crippen LogP contribution in [0.5, 0.6) is 0 Å². The van der Waals surface area contributed by atoms with E-state index in [4.69, 9.17) is 27.9 Å². The van der Waals surface area contributed by atoms with Gasteiger partial charge in [0.2, 0.25) is 11.8 Å². The van der Waals surface area contributed by atoms with Crippen LogP contribution in [0.2, 0.25) is 10.0 Å². The molecule has 2 N–H and O–H groups in total. The number of carbonyl (C=O) groups is 2. The number of likely N-dealkylation sites (tertiary alicyclic amines) is 1. The van der Waals surface area contributed by atoms with E-state index in [1.807, 2.05) is 4.90 Å². The Morgan fingerprint density at radius 3 is 2.69 bits per heavy atom. The van der Waals surface area contributed by atoms with Crippen LogP contribution in [0.4, 0.5) is 5.69 Å². The Bertz CT molecular complexity index is 620. The zero-order chi connectivity index (χ0) is 18.9. The number of carbonyl (C=O) groups excluding carboxylic acids is 2. The third-order valence-corrected chi connectivity index (χ3v) is 4.92. The topological polar surface area (TPSA) is 70.7 Å². The highest BCUT2D eigenvalue weighted by atomic mass is 35.5. The summed E-state index contributed by atoms with van der Waals surface area (Å²) in [7, 11) is 1.65. The molecule has 2 rings (SSSR count). The van der Waals surface area contributed by atoms with Crippen molar-refractivity contribution in [1.29, 1.82) is 0 Å². The second-order valence-corrected chi connectivity index (χ2v) is 7.20. The molecular weight excluding hydrogens is 377 g/mol. The number of methoxy groups -OCH3 is 1. The molecule has 1 aromatic carbocycles. The van der Waals surface area contributed by atoms with Crippen molar-refractivity contribution in [3.05, 3.63) is 28.2 Å². The van der Waals surface area contributed by atoms with Crippen LogP contribution in [-0.2, 0) is 14.3 Å². The minimum absolute atomic E-state index is 0.0132. The molecule has 1 aromatic rings. The molecule has 0 aromatic heterocycles. The molecule has 0 bridgehead atoms. The lowest BCUT2D eigenvalue weighted by Crippen LogP contribution is -2.43. The van der Waals surface area contributed by atoms with E-state index in [1.165, 1.54) is 0 Å². The maximum absolute atomic E-state index is 12.2. The zero-order valence-electron chi connectivity index (χ0n) is 14.9. The van der Waals surface area contributed by atoms with Crippen molar-refractivity contribution in [2.24, 2.45) is 5.92 Å². The molecule has 0 atom stereocenters. The van der Waals surface area contributed by atoms with Gasteiger partial charge in [0.15, 0.2) is 0 Å².